The van der Waals surface area contributed by atoms with Gasteiger partial charge in [0, 0.05) is 15.6 Å². The molecule has 0 aliphatic rings. The van der Waals surface area contributed by atoms with Gasteiger partial charge in [0.25, 0.3) is 5.91 Å². The first-order valence-corrected chi connectivity index (χ1v) is 6.84. The summed E-state index contributed by atoms with van der Waals surface area (Å²) < 4.78 is 14.2. The number of thiocarbonyl (C=S) groups is 1. The first-order valence-electron chi connectivity index (χ1n) is 5.63. The molecule has 3 nitrogen and oxygen atoms in total. The lowest BCUT2D eigenvalue weighted by Crippen LogP contribution is -2.14. The number of nitrogens with two attached hydrogens (primary N) is 1. The van der Waals surface area contributed by atoms with E-state index in [0.29, 0.717) is 15.6 Å². The van der Waals surface area contributed by atoms with Crippen LogP contribution < -0.4 is 11.1 Å². The van der Waals surface area contributed by atoms with Crippen LogP contribution in [0.15, 0.2) is 46.9 Å². The molecule has 0 aliphatic heterocycles. The molecule has 0 radical (unpaired) electrons. The van der Waals surface area contributed by atoms with Crippen LogP contribution >= 0.6 is 28.1 Å². The van der Waals surface area contributed by atoms with E-state index in [4.69, 9.17) is 18.0 Å². The van der Waals surface area contributed by atoms with E-state index in [9.17, 15) is 9.18 Å². The van der Waals surface area contributed by atoms with E-state index in [2.05, 4.69) is 21.2 Å². The fourth-order valence-corrected chi connectivity index (χ4v) is 2.04. The van der Waals surface area contributed by atoms with Gasteiger partial charge in [-0.1, -0.05) is 40.3 Å². The molecule has 20 heavy (non-hydrogen) atoms. The quantitative estimate of drug-likeness (QED) is 0.831. The van der Waals surface area contributed by atoms with Crippen LogP contribution in [-0.2, 0) is 0 Å². The molecule has 0 aliphatic carbocycles. The number of rotatable bonds is 3. The average molecular weight is 353 g/mol. The molecular weight excluding hydrogens is 343 g/mol. The van der Waals surface area contributed by atoms with Crippen molar-refractivity contribution in [3.05, 3.63) is 63.9 Å². The molecule has 0 atom stereocenters. The number of carbonyl (C=O) groups is 1. The zero-order valence-corrected chi connectivity index (χ0v) is 12.6. The van der Waals surface area contributed by atoms with Gasteiger partial charge in [0.1, 0.15) is 10.8 Å². The number of anilines is 1. The van der Waals surface area contributed by atoms with Crippen molar-refractivity contribution < 1.29 is 9.18 Å². The molecule has 2 rings (SSSR count). The van der Waals surface area contributed by atoms with Crippen LogP contribution in [0, 0.1) is 5.82 Å². The second-order valence-electron chi connectivity index (χ2n) is 4.02. The molecule has 0 saturated carbocycles. The van der Waals surface area contributed by atoms with Gasteiger partial charge in [-0.15, -0.1) is 0 Å². The number of amides is 1. The Morgan fingerprint density at radius 2 is 1.75 bits per heavy atom. The summed E-state index contributed by atoms with van der Waals surface area (Å²) in [7, 11) is 0. The van der Waals surface area contributed by atoms with Crippen LogP contribution in [-0.4, -0.2) is 10.9 Å². The van der Waals surface area contributed by atoms with Crippen molar-refractivity contribution in [2.24, 2.45) is 5.73 Å². The lowest BCUT2D eigenvalue weighted by atomic mass is 10.1. The van der Waals surface area contributed by atoms with Crippen molar-refractivity contribution in [2.45, 2.75) is 0 Å². The first kappa shape index (κ1) is 14.6. The summed E-state index contributed by atoms with van der Waals surface area (Å²) in [6, 6.07) is 10.9. The highest BCUT2D eigenvalue weighted by Crippen LogP contribution is 2.20. The van der Waals surface area contributed by atoms with E-state index >= 15 is 0 Å². The van der Waals surface area contributed by atoms with Crippen molar-refractivity contribution in [1.29, 1.82) is 0 Å². The average Bonchev–Trinajstić information content (AvgIpc) is 2.42. The van der Waals surface area contributed by atoms with Gasteiger partial charge in [0.2, 0.25) is 0 Å². The van der Waals surface area contributed by atoms with Crippen LogP contribution in [0.4, 0.5) is 10.1 Å². The Balaban J connectivity index is 2.17. The zero-order chi connectivity index (χ0) is 14.7. The zero-order valence-electron chi connectivity index (χ0n) is 10.2. The maximum absolute atomic E-state index is 13.6. The van der Waals surface area contributed by atoms with Gasteiger partial charge < -0.3 is 11.1 Å². The Hall–Kier alpha value is -1.79. The molecular formula is C14H10BrFN2OS. The number of nitrogens with one attached hydrogen (secondary N) is 1. The molecule has 2 aromatic rings. The molecule has 0 aromatic heterocycles. The van der Waals surface area contributed by atoms with Gasteiger partial charge in [0.15, 0.2) is 0 Å². The molecule has 0 saturated heterocycles. The van der Waals surface area contributed by atoms with Crippen molar-refractivity contribution in [2.75, 3.05) is 5.32 Å². The van der Waals surface area contributed by atoms with Crippen LogP contribution in [0.2, 0.25) is 0 Å². The van der Waals surface area contributed by atoms with Crippen molar-refractivity contribution in [3.8, 4) is 0 Å². The summed E-state index contributed by atoms with van der Waals surface area (Å²) in [4.78, 5) is 12.2. The summed E-state index contributed by atoms with van der Waals surface area (Å²) in [6.07, 6.45) is 0. The summed E-state index contributed by atoms with van der Waals surface area (Å²) in [6.45, 7) is 0. The fourth-order valence-electron chi connectivity index (χ4n) is 1.57. The van der Waals surface area contributed by atoms with Crippen LogP contribution in [0.25, 0.3) is 0 Å². The van der Waals surface area contributed by atoms with Gasteiger partial charge in [-0.25, -0.2) is 4.39 Å². The Kier molecular flexibility index (Phi) is 4.46. The molecule has 0 bridgehead atoms. The molecule has 102 valence electrons. The summed E-state index contributed by atoms with van der Waals surface area (Å²) in [5.41, 5.74) is 6.66. The van der Waals surface area contributed by atoms with Crippen LogP contribution in [0.1, 0.15) is 15.9 Å². The Labute approximate surface area is 129 Å². The topological polar surface area (TPSA) is 55.1 Å². The monoisotopic (exact) mass is 352 g/mol. The minimum atomic E-state index is -0.507. The normalized spacial score (nSPS) is 10.1. The first-order chi connectivity index (χ1) is 9.47. The second kappa shape index (κ2) is 6.11. The van der Waals surface area contributed by atoms with Crippen LogP contribution in [0.3, 0.4) is 0 Å². The van der Waals surface area contributed by atoms with Gasteiger partial charge in [0.05, 0.1) is 5.69 Å². The molecule has 2 aromatic carbocycles. The number of carbonyl (C=O) groups excluding carboxylic acids is 1. The maximum Gasteiger partial charge on any atom is 0.255 e. The summed E-state index contributed by atoms with van der Waals surface area (Å²) in [5, 5.41) is 2.50. The molecule has 1 amide bonds. The fraction of sp³-hybridized carbons (Fsp3) is 0. The third-order valence-electron chi connectivity index (χ3n) is 2.61. The van der Waals surface area contributed by atoms with Gasteiger partial charge in [-0.05, 0) is 30.3 Å². The summed E-state index contributed by atoms with van der Waals surface area (Å²) in [5.74, 6) is -0.909. The molecule has 6 heteroatoms. The third-order valence-corrected chi connectivity index (χ3v) is 3.34. The highest BCUT2D eigenvalue weighted by Gasteiger charge is 2.09. The third kappa shape index (κ3) is 3.40. The highest BCUT2D eigenvalue weighted by molar-refractivity contribution is 9.10. The van der Waals surface area contributed by atoms with E-state index in [1.807, 2.05) is 0 Å². The Morgan fingerprint density at radius 3 is 2.30 bits per heavy atom. The molecule has 0 spiro atoms. The summed E-state index contributed by atoms with van der Waals surface area (Å²) >= 11 is 7.98. The van der Waals surface area contributed by atoms with Gasteiger partial charge in [-0.2, -0.15) is 0 Å². The van der Waals surface area contributed by atoms with E-state index in [-0.39, 0.29) is 10.7 Å². The lowest BCUT2D eigenvalue weighted by Gasteiger charge is -2.07. The van der Waals surface area contributed by atoms with E-state index in [1.165, 1.54) is 12.1 Å². The Bertz CT molecular complexity index is 673. The van der Waals surface area contributed by atoms with Gasteiger partial charge >= 0.3 is 0 Å². The minimum Gasteiger partial charge on any atom is -0.389 e. The number of hydrogen-bond acceptors (Lipinski definition) is 2. The van der Waals surface area contributed by atoms with E-state index in [1.54, 1.807) is 30.3 Å². The van der Waals surface area contributed by atoms with Crippen LogP contribution in [0.5, 0.6) is 0 Å². The lowest BCUT2D eigenvalue weighted by molar-refractivity contribution is 0.102. The second-order valence-corrected chi connectivity index (χ2v) is 5.38. The minimum absolute atomic E-state index is 0.122. The Morgan fingerprint density at radius 1 is 1.15 bits per heavy atom. The number of halogens is 2. The largest absolute Gasteiger partial charge is 0.389 e. The predicted octanol–water partition coefficient (Wildman–Crippen LogP) is 3.47. The molecule has 3 N–H and O–H groups in total. The van der Waals surface area contributed by atoms with E-state index < -0.39 is 11.7 Å². The molecule has 0 fully saturated rings. The molecule has 0 unspecified atom stereocenters. The SMILES string of the molecule is NC(=S)c1ccc(C(=O)Nc2ccc(Br)cc2F)cc1. The molecule has 0 heterocycles. The maximum atomic E-state index is 13.6. The van der Waals surface area contributed by atoms with Crippen molar-refractivity contribution in [3.63, 3.8) is 0 Å². The van der Waals surface area contributed by atoms with E-state index in [0.717, 1.165) is 0 Å². The number of hydrogen-bond donors (Lipinski definition) is 2. The van der Waals surface area contributed by atoms with Crippen molar-refractivity contribution in [1.82, 2.24) is 0 Å². The van der Waals surface area contributed by atoms with Crippen molar-refractivity contribution >= 4 is 44.7 Å². The number of benzene rings is 2. The standard InChI is InChI=1S/C14H10BrFN2OS/c15-10-5-6-12(11(16)7-10)18-14(19)9-3-1-8(2-4-9)13(17)20/h1-7H,(H2,17,20)(H,18,19). The smallest absolute Gasteiger partial charge is 0.255 e. The predicted molar refractivity (Wildman–Crippen MR) is 84.4 cm³/mol. The highest BCUT2D eigenvalue weighted by atomic mass is 79.9. The van der Waals surface area contributed by atoms with Gasteiger partial charge in [-0.3, -0.25) is 4.79 Å².